The molecule has 0 bridgehead atoms. The fraction of sp³-hybridized carbons (Fsp3) is 0.429. The highest BCUT2D eigenvalue weighted by molar-refractivity contribution is 5.03. The van der Waals surface area contributed by atoms with E-state index in [9.17, 15) is 0 Å². The van der Waals surface area contributed by atoms with Crippen LogP contribution in [-0.2, 0) is 14.2 Å². The molecule has 3 heteroatoms. The molecule has 0 radical (unpaired) electrons. The van der Waals surface area contributed by atoms with Gasteiger partial charge in [-0.1, -0.05) is 6.58 Å². The first-order valence-corrected chi connectivity index (χ1v) is 2.93. The second kappa shape index (κ2) is 2.34. The van der Waals surface area contributed by atoms with Crippen LogP contribution in [-0.4, -0.2) is 13.1 Å². The summed E-state index contributed by atoms with van der Waals surface area (Å²) < 4.78 is 15.0. The Morgan fingerprint density at radius 1 is 1.50 bits per heavy atom. The van der Waals surface area contributed by atoms with Crippen molar-refractivity contribution in [3.63, 3.8) is 0 Å². The molecule has 0 spiro atoms. The predicted molar refractivity (Wildman–Crippen MR) is 35.9 cm³/mol. The van der Waals surface area contributed by atoms with Crippen LogP contribution in [0.15, 0.2) is 24.7 Å². The molecule has 0 amide bonds. The summed E-state index contributed by atoms with van der Waals surface area (Å²) in [6, 6.07) is 0. The van der Waals surface area contributed by atoms with E-state index in [0.717, 1.165) is 0 Å². The van der Waals surface area contributed by atoms with Crippen LogP contribution in [0.4, 0.5) is 0 Å². The summed E-state index contributed by atoms with van der Waals surface area (Å²) in [5.41, 5.74) is 0.681. The minimum absolute atomic E-state index is 0.681. The molecule has 1 heterocycles. The lowest BCUT2D eigenvalue weighted by Gasteiger charge is -2.24. The summed E-state index contributed by atoms with van der Waals surface area (Å²) in [7, 11) is 1.50. The first kappa shape index (κ1) is 7.15. The van der Waals surface area contributed by atoms with Crippen molar-refractivity contribution in [2.75, 3.05) is 7.11 Å². The van der Waals surface area contributed by atoms with Crippen molar-refractivity contribution in [2.24, 2.45) is 0 Å². The first-order chi connectivity index (χ1) is 4.71. The highest BCUT2D eigenvalue weighted by atomic mass is 16.9. The van der Waals surface area contributed by atoms with Gasteiger partial charge in [0.05, 0.1) is 0 Å². The summed E-state index contributed by atoms with van der Waals surface area (Å²) in [6.07, 6.45) is 2.86. The molecule has 56 valence electrons. The third-order valence-electron chi connectivity index (χ3n) is 1.29. The average molecular weight is 142 g/mol. The van der Waals surface area contributed by atoms with Gasteiger partial charge in [-0.3, -0.25) is 0 Å². The average Bonchev–Trinajstić information content (AvgIpc) is 2.35. The molecule has 10 heavy (non-hydrogen) atoms. The zero-order valence-corrected chi connectivity index (χ0v) is 6.09. The lowest BCUT2D eigenvalue weighted by molar-refractivity contribution is -0.281. The molecule has 0 saturated carbocycles. The molecule has 0 atom stereocenters. The quantitative estimate of drug-likeness (QED) is 0.545. The van der Waals surface area contributed by atoms with Gasteiger partial charge in [0, 0.05) is 12.7 Å². The largest absolute Gasteiger partial charge is 0.431 e. The summed E-state index contributed by atoms with van der Waals surface area (Å²) in [6.45, 7) is 5.44. The van der Waals surface area contributed by atoms with Crippen molar-refractivity contribution in [1.29, 1.82) is 0 Å². The summed E-state index contributed by atoms with van der Waals surface area (Å²) in [5.74, 6) is -1.07. The molecule has 0 unspecified atom stereocenters. The summed E-state index contributed by atoms with van der Waals surface area (Å²) in [4.78, 5) is 0. The fourth-order valence-electron chi connectivity index (χ4n) is 0.734. The van der Waals surface area contributed by atoms with Gasteiger partial charge in [-0.2, -0.15) is 0 Å². The summed E-state index contributed by atoms with van der Waals surface area (Å²) >= 11 is 0. The maximum atomic E-state index is 5.03. The molecule has 0 aromatic rings. The predicted octanol–water partition coefficient (Wildman–Crippen LogP) is 1.38. The molecular weight excluding hydrogens is 132 g/mol. The van der Waals surface area contributed by atoms with Gasteiger partial charge in [-0.15, -0.1) is 0 Å². The number of hydrogen-bond acceptors (Lipinski definition) is 3. The van der Waals surface area contributed by atoms with Crippen LogP contribution in [0.3, 0.4) is 0 Å². The zero-order chi connectivity index (χ0) is 7.61. The summed E-state index contributed by atoms with van der Waals surface area (Å²) in [5, 5.41) is 0. The second-order valence-electron chi connectivity index (χ2n) is 2.05. The topological polar surface area (TPSA) is 27.7 Å². The maximum absolute atomic E-state index is 5.03. The van der Waals surface area contributed by atoms with Crippen LogP contribution in [0.25, 0.3) is 0 Å². The maximum Gasteiger partial charge on any atom is 0.395 e. The van der Waals surface area contributed by atoms with Crippen LogP contribution in [0, 0.1) is 0 Å². The Balaban J connectivity index is 2.70. The molecule has 1 rings (SSSR count). The van der Waals surface area contributed by atoms with Crippen LogP contribution in [0.2, 0.25) is 0 Å². The Morgan fingerprint density at radius 3 is 2.20 bits per heavy atom. The monoisotopic (exact) mass is 142 g/mol. The van der Waals surface area contributed by atoms with Crippen molar-refractivity contribution in [3.8, 4) is 0 Å². The van der Waals surface area contributed by atoms with E-state index < -0.39 is 5.97 Å². The van der Waals surface area contributed by atoms with E-state index >= 15 is 0 Å². The van der Waals surface area contributed by atoms with Gasteiger partial charge in [-0.25, -0.2) is 0 Å². The van der Waals surface area contributed by atoms with E-state index in [2.05, 4.69) is 6.58 Å². The Labute approximate surface area is 59.9 Å². The van der Waals surface area contributed by atoms with E-state index in [1.54, 1.807) is 6.92 Å². The third kappa shape index (κ3) is 0.885. The smallest absolute Gasteiger partial charge is 0.395 e. The minimum Gasteiger partial charge on any atom is -0.431 e. The normalized spacial score (nSPS) is 19.8. The van der Waals surface area contributed by atoms with E-state index in [-0.39, 0.29) is 0 Å². The Bertz CT molecular complexity index is 164. The van der Waals surface area contributed by atoms with E-state index in [4.69, 9.17) is 14.2 Å². The Morgan fingerprint density at radius 2 is 2.00 bits per heavy atom. The molecule has 3 nitrogen and oxygen atoms in total. The third-order valence-corrected chi connectivity index (χ3v) is 1.29. The standard InChI is InChI=1S/C7H10O3/c1-6(2)7(8-3)9-4-5-10-7/h4-5H,1H2,2-3H3. The molecule has 1 aliphatic heterocycles. The van der Waals surface area contributed by atoms with Gasteiger partial charge in [0.15, 0.2) is 0 Å². The number of rotatable bonds is 2. The SMILES string of the molecule is C=C(C)C1(OC)OC=CO1. The second-order valence-corrected chi connectivity index (χ2v) is 2.05. The van der Waals surface area contributed by atoms with Gasteiger partial charge in [-0.05, 0) is 6.92 Å². The molecule has 0 saturated heterocycles. The van der Waals surface area contributed by atoms with Crippen LogP contribution in [0.5, 0.6) is 0 Å². The van der Waals surface area contributed by atoms with Gasteiger partial charge >= 0.3 is 5.97 Å². The van der Waals surface area contributed by atoms with Crippen molar-refractivity contribution in [2.45, 2.75) is 12.9 Å². The number of hydrogen-bond donors (Lipinski definition) is 0. The van der Waals surface area contributed by atoms with Crippen molar-refractivity contribution < 1.29 is 14.2 Å². The lowest BCUT2D eigenvalue weighted by Crippen LogP contribution is -2.33. The van der Waals surface area contributed by atoms with Crippen molar-refractivity contribution in [3.05, 3.63) is 24.7 Å². The zero-order valence-electron chi connectivity index (χ0n) is 6.09. The van der Waals surface area contributed by atoms with Gasteiger partial charge in [0.25, 0.3) is 0 Å². The van der Waals surface area contributed by atoms with Crippen molar-refractivity contribution in [1.82, 2.24) is 0 Å². The Kier molecular flexibility index (Phi) is 1.68. The van der Waals surface area contributed by atoms with E-state index in [1.165, 1.54) is 19.6 Å². The van der Waals surface area contributed by atoms with E-state index in [1.807, 2.05) is 0 Å². The molecule has 0 aromatic carbocycles. The Hall–Kier alpha value is -0.960. The molecular formula is C7H10O3. The van der Waals surface area contributed by atoms with Crippen LogP contribution >= 0.6 is 0 Å². The minimum atomic E-state index is -1.07. The molecule has 0 N–H and O–H groups in total. The lowest BCUT2D eigenvalue weighted by atomic mass is 10.3. The van der Waals surface area contributed by atoms with Crippen molar-refractivity contribution >= 4 is 0 Å². The number of ether oxygens (including phenoxy) is 3. The molecule has 0 aromatic heterocycles. The highest BCUT2D eigenvalue weighted by Gasteiger charge is 2.37. The molecule has 1 aliphatic rings. The van der Waals surface area contributed by atoms with Gasteiger partial charge in [0.2, 0.25) is 0 Å². The van der Waals surface area contributed by atoms with Gasteiger partial charge in [0.1, 0.15) is 12.5 Å². The molecule has 0 aliphatic carbocycles. The van der Waals surface area contributed by atoms with Gasteiger partial charge < -0.3 is 14.2 Å². The molecule has 0 fully saturated rings. The van der Waals surface area contributed by atoms with E-state index in [0.29, 0.717) is 5.57 Å². The van der Waals surface area contributed by atoms with Crippen LogP contribution in [0.1, 0.15) is 6.92 Å². The number of methoxy groups -OCH3 is 1. The first-order valence-electron chi connectivity index (χ1n) is 2.93. The highest BCUT2D eigenvalue weighted by Crippen LogP contribution is 2.27. The van der Waals surface area contributed by atoms with Crippen LogP contribution < -0.4 is 0 Å². The fourth-order valence-corrected chi connectivity index (χ4v) is 0.734.